The lowest BCUT2D eigenvalue weighted by molar-refractivity contribution is -0.119. The average molecular weight is 418 g/mol. The Morgan fingerprint density at radius 2 is 2.23 bits per heavy atom. The summed E-state index contributed by atoms with van der Waals surface area (Å²) in [6, 6.07) is 4.84. The first-order valence-electron chi connectivity index (χ1n) is 10.2. The number of amides is 2. The van der Waals surface area contributed by atoms with Gasteiger partial charge in [-0.05, 0) is 31.0 Å². The number of anilines is 2. The number of oxime groups is 1. The minimum atomic E-state index is -0.540. The van der Waals surface area contributed by atoms with Crippen molar-refractivity contribution < 1.29 is 23.6 Å². The number of halogens is 1. The molecule has 8 nitrogen and oxygen atoms in total. The summed E-state index contributed by atoms with van der Waals surface area (Å²) in [5, 5.41) is 6.88. The van der Waals surface area contributed by atoms with E-state index < -0.39 is 12.2 Å². The number of fused-ring (bicyclic) bond motifs is 2. The molecule has 3 atom stereocenters. The molecule has 2 saturated heterocycles. The minimum absolute atomic E-state index is 0.125. The average Bonchev–Trinajstić information content (AvgIpc) is 3.14. The van der Waals surface area contributed by atoms with Crippen LogP contribution in [-0.4, -0.2) is 57.1 Å². The fourth-order valence-electron chi connectivity index (χ4n) is 4.82. The van der Waals surface area contributed by atoms with Crippen LogP contribution in [0.1, 0.15) is 26.7 Å². The number of nitrogens with one attached hydrogen (secondary N) is 1. The maximum Gasteiger partial charge on any atom is 0.414 e. The number of rotatable bonds is 5. The van der Waals surface area contributed by atoms with E-state index in [2.05, 4.69) is 22.3 Å². The Balaban J connectivity index is 1.49. The first-order chi connectivity index (χ1) is 14.3. The van der Waals surface area contributed by atoms with E-state index in [1.54, 1.807) is 19.2 Å². The van der Waals surface area contributed by atoms with Crippen LogP contribution in [0.4, 0.5) is 20.6 Å². The van der Waals surface area contributed by atoms with E-state index in [0.29, 0.717) is 24.5 Å². The molecule has 1 aromatic carbocycles. The lowest BCUT2D eigenvalue weighted by Crippen LogP contribution is -2.48. The van der Waals surface area contributed by atoms with Crippen molar-refractivity contribution in [2.45, 2.75) is 32.8 Å². The van der Waals surface area contributed by atoms with Crippen LogP contribution in [0.3, 0.4) is 0 Å². The number of benzene rings is 1. The monoisotopic (exact) mass is 418 g/mol. The van der Waals surface area contributed by atoms with Gasteiger partial charge in [-0.15, -0.1) is 0 Å². The second-order valence-corrected chi connectivity index (χ2v) is 8.53. The molecule has 4 rings (SSSR count). The molecule has 162 valence electrons. The molecule has 2 amide bonds. The number of ether oxygens (including phenoxy) is 1. The van der Waals surface area contributed by atoms with Gasteiger partial charge in [0.15, 0.2) is 0 Å². The highest BCUT2D eigenvalue weighted by atomic mass is 19.1. The van der Waals surface area contributed by atoms with E-state index in [9.17, 15) is 9.59 Å². The highest BCUT2D eigenvalue weighted by Crippen LogP contribution is 2.45. The molecule has 3 fully saturated rings. The van der Waals surface area contributed by atoms with Gasteiger partial charge < -0.3 is 19.8 Å². The van der Waals surface area contributed by atoms with Crippen LogP contribution in [0.2, 0.25) is 0 Å². The first-order valence-corrected chi connectivity index (χ1v) is 10.2. The molecule has 1 saturated carbocycles. The summed E-state index contributed by atoms with van der Waals surface area (Å²) in [5.41, 5.74) is 1.91. The van der Waals surface area contributed by atoms with Crippen LogP contribution in [0, 0.1) is 17.2 Å². The van der Waals surface area contributed by atoms with Gasteiger partial charge in [-0.1, -0.05) is 12.1 Å². The molecule has 0 radical (unpaired) electrons. The van der Waals surface area contributed by atoms with Crippen molar-refractivity contribution >= 4 is 29.1 Å². The topological polar surface area (TPSA) is 83.5 Å². The number of carbonyl (C=O) groups excluding carboxylic acids is 2. The van der Waals surface area contributed by atoms with Gasteiger partial charge in [0.25, 0.3) is 0 Å². The second kappa shape index (κ2) is 7.77. The Labute approximate surface area is 175 Å². The Morgan fingerprint density at radius 1 is 1.43 bits per heavy atom. The Hall–Kier alpha value is -2.84. The Kier molecular flexibility index (Phi) is 5.29. The summed E-state index contributed by atoms with van der Waals surface area (Å²) in [6.07, 6.45) is 1.03. The Morgan fingerprint density at radius 3 is 2.90 bits per heavy atom. The second-order valence-electron chi connectivity index (χ2n) is 8.53. The summed E-state index contributed by atoms with van der Waals surface area (Å²) in [7, 11) is 1.56. The number of hydrogen-bond acceptors (Lipinski definition) is 6. The molecule has 30 heavy (non-hydrogen) atoms. The van der Waals surface area contributed by atoms with E-state index in [0.717, 1.165) is 18.6 Å². The molecular weight excluding hydrogens is 391 g/mol. The highest BCUT2D eigenvalue weighted by Gasteiger charge is 2.48. The quantitative estimate of drug-likeness (QED) is 0.743. The number of nitrogens with zero attached hydrogens (tertiary/aromatic N) is 3. The molecule has 0 aromatic heterocycles. The molecule has 1 N–H and O–H groups in total. The molecule has 2 unspecified atom stereocenters. The third-order valence-electron chi connectivity index (χ3n) is 6.26. The molecule has 1 aliphatic carbocycles. The smallest absolute Gasteiger partial charge is 0.414 e. The van der Waals surface area contributed by atoms with Crippen molar-refractivity contribution in [2.24, 2.45) is 16.5 Å². The highest BCUT2D eigenvalue weighted by molar-refractivity contribution is 5.96. The molecular formula is C21H27FN4O4. The molecule has 0 spiro atoms. The fraction of sp³-hybridized carbons (Fsp3) is 0.571. The molecule has 2 bridgehead atoms. The third-order valence-corrected chi connectivity index (χ3v) is 6.26. The normalized spacial score (nSPS) is 29.3. The zero-order valence-electron chi connectivity index (χ0n) is 17.5. The van der Waals surface area contributed by atoms with Gasteiger partial charge >= 0.3 is 6.09 Å². The predicted molar refractivity (Wildman–Crippen MR) is 110 cm³/mol. The van der Waals surface area contributed by atoms with Crippen LogP contribution in [0.25, 0.3) is 0 Å². The summed E-state index contributed by atoms with van der Waals surface area (Å²) in [4.78, 5) is 31.7. The number of carbonyl (C=O) groups is 2. The summed E-state index contributed by atoms with van der Waals surface area (Å²) < 4.78 is 20.3. The van der Waals surface area contributed by atoms with Gasteiger partial charge in [0, 0.05) is 31.3 Å². The summed E-state index contributed by atoms with van der Waals surface area (Å²) in [5.74, 6) is -0.311. The van der Waals surface area contributed by atoms with Crippen LogP contribution >= 0.6 is 0 Å². The molecule has 3 aliphatic rings. The van der Waals surface area contributed by atoms with Crippen molar-refractivity contribution in [1.82, 2.24) is 5.32 Å². The Bertz CT molecular complexity index is 892. The van der Waals surface area contributed by atoms with Crippen LogP contribution < -0.4 is 15.1 Å². The van der Waals surface area contributed by atoms with Gasteiger partial charge in [-0.2, -0.15) is 0 Å². The van der Waals surface area contributed by atoms with Crippen molar-refractivity contribution in [1.29, 1.82) is 0 Å². The zero-order chi connectivity index (χ0) is 21.5. The largest absolute Gasteiger partial charge is 0.442 e. The third kappa shape index (κ3) is 3.68. The lowest BCUT2D eigenvalue weighted by Gasteiger charge is -2.40. The number of piperidine rings is 1. The maximum absolute atomic E-state index is 15.1. The standard InChI is InChI=1S/C21H27FN4O4/c1-13(27)23-9-16-11-26(20(28)30-16)15-4-5-18(17(22)8-15)25-10-14-6-7-21(2,12-25)19(14)24-29-3/h4-5,8,14,16H,6-7,9-12H2,1-3H3,(H,23,27)/t14?,16-,21?/m0/s1. The van der Waals surface area contributed by atoms with Crippen molar-refractivity contribution in [3.8, 4) is 0 Å². The first kappa shape index (κ1) is 20.4. The van der Waals surface area contributed by atoms with Gasteiger partial charge in [0.1, 0.15) is 19.0 Å². The molecule has 1 aromatic rings. The predicted octanol–water partition coefficient (Wildman–Crippen LogP) is 2.53. The SMILES string of the molecule is CON=C1C2CCC1(C)CN(c1ccc(N3C[C@H](CNC(C)=O)OC3=O)cc1F)C2. The van der Waals surface area contributed by atoms with Crippen LogP contribution in [-0.2, 0) is 14.4 Å². The van der Waals surface area contributed by atoms with Crippen LogP contribution in [0.15, 0.2) is 23.4 Å². The van der Waals surface area contributed by atoms with E-state index >= 15 is 4.39 Å². The minimum Gasteiger partial charge on any atom is -0.442 e. The molecule has 9 heteroatoms. The van der Waals surface area contributed by atoms with Crippen molar-refractivity contribution in [3.63, 3.8) is 0 Å². The van der Waals surface area contributed by atoms with Gasteiger partial charge in [-0.3, -0.25) is 9.69 Å². The molecule has 2 aliphatic heterocycles. The molecule has 2 heterocycles. The van der Waals surface area contributed by atoms with E-state index in [1.165, 1.54) is 17.9 Å². The maximum atomic E-state index is 15.1. The van der Waals surface area contributed by atoms with Crippen molar-refractivity contribution in [3.05, 3.63) is 24.0 Å². The fourth-order valence-corrected chi connectivity index (χ4v) is 4.82. The van der Waals surface area contributed by atoms with Gasteiger partial charge in [0.05, 0.1) is 30.2 Å². The zero-order valence-corrected chi connectivity index (χ0v) is 17.5. The van der Waals surface area contributed by atoms with Crippen molar-refractivity contribution in [2.75, 3.05) is 43.1 Å². The van der Waals surface area contributed by atoms with Gasteiger partial charge in [-0.25, -0.2) is 9.18 Å². The lowest BCUT2D eigenvalue weighted by atomic mass is 9.82. The van der Waals surface area contributed by atoms with E-state index in [4.69, 9.17) is 9.57 Å². The number of hydrogen-bond donors (Lipinski definition) is 1. The van der Waals surface area contributed by atoms with E-state index in [-0.39, 0.29) is 36.1 Å². The summed E-state index contributed by atoms with van der Waals surface area (Å²) in [6.45, 7) is 5.42. The van der Waals surface area contributed by atoms with Gasteiger partial charge in [0.2, 0.25) is 5.91 Å². The van der Waals surface area contributed by atoms with E-state index in [1.807, 2.05) is 0 Å². The summed E-state index contributed by atoms with van der Waals surface area (Å²) >= 11 is 0. The number of cyclic esters (lactones) is 1. The van der Waals surface area contributed by atoms with Crippen LogP contribution in [0.5, 0.6) is 0 Å².